The lowest BCUT2D eigenvalue weighted by atomic mass is 9.96. The maximum atomic E-state index is 10.6. The van der Waals surface area contributed by atoms with Crippen LogP contribution >= 0.6 is 0 Å². The molecule has 3 fully saturated rings. The van der Waals surface area contributed by atoms with E-state index in [-0.39, 0.29) is 0 Å². The van der Waals surface area contributed by atoms with Crippen molar-refractivity contribution in [1.29, 1.82) is 0 Å². The standard InChI is InChI=1S/C18H32O16/c19-1-4-7(22)8(23)12(27)17(31-4)34-15-6(3-21)32-18(13(28)10(15)25)33-14-5(2-20)30-16(29)11(26)9(14)24/h4-29H,1-3H2/t4-,5-,6-,7-,8+,9-,10-,11+,12-,13+,14-,15-,16+,17+,18-/m1/s1. The van der Waals surface area contributed by atoms with E-state index in [9.17, 15) is 56.2 Å². The second kappa shape index (κ2) is 11.6. The molecular weight excluding hydrogens is 472 g/mol. The highest BCUT2D eigenvalue weighted by atomic mass is 16.8. The summed E-state index contributed by atoms with van der Waals surface area (Å²) < 4.78 is 26.4. The summed E-state index contributed by atoms with van der Waals surface area (Å²) in [5.41, 5.74) is 0. The third-order valence-corrected chi connectivity index (χ3v) is 6.09. The van der Waals surface area contributed by atoms with E-state index in [0.717, 1.165) is 0 Å². The summed E-state index contributed by atoms with van der Waals surface area (Å²) in [5, 5.41) is 109. The minimum Gasteiger partial charge on any atom is -0.394 e. The number of ether oxygens (including phenoxy) is 5. The van der Waals surface area contributed by atoms with Crippen molar-refractivity contribution in [3.8, 4) is 0 Å². The van der Waals surface area contributed by atoms with Crippen molar-refractivity contribution in [2.75, 3.05) is 19.8 Å². The van der Waals surface area contributed by atoms with Crippen LogP contribution in [0.3, 0.4) is 0 Å². The molecule has 3 rings (SSSR count). The van der Waals surface area contributed by atoms with Gasteiger partial charge in [-0.3, -0.25) is 0 Å². The molecule has 3 saturated heterocycles. The van der Waals surface area contributed by atoms with Gasteiger partial charge >= 0.3 is 0 Å². The summed E-state index contributed by atoms with van der Waals surface area (Å²) in [5.74, 6) is 0. The molecule has 0 saturated carbocycles. The summed E-state index contributed by atoms with van der Waals surface area (Å²) in [6.45, 7) is -2.32. The van der Waals surface area contributed by atoms with E-state index < -0.39 is 112 Å². The Morgan fingerprint density at radius 2 is 0.853 bits per heavy atom. The molecule has 0 aromatic heterocycles. The first-order chi connectivity index (χ1) is 16.0. The van der Waals surface area contributed by atoms with E-state index >= 15 is 0 Å². The molecule has 16 heteroatoms. The van der Waals surface area contributed by atoms with Gasteiger partial charge in [-0.1, -0.05) is 0 Å². The van der Waals surface area contributed by atoms with Gasteiger partial charge in [-0.15, -0.1) is 0 Å². The predicted molar refractivity (Wildman–Crippen MR) is 101 cm³/mol. The van der Waals surface area contributed by atoms with Crippen molar-refractivity contribution in [3.63, 3.8) is 0 Å². The Kier molecular flexibility index (Phi) is 9.54. The Morgan fingerprint density at radius 1 is 0.441 bits per heavy atom. The van der Waals surface area contributed by atoms with Crippen molar-refractivity contribution in [3.05, 3.63) is 0 Å². The Labute approximate surface area is 192 Å². The summed E-state index contributed by atoms with van der Waals surface area (Å²) >= 11 is 0. The van der Waals surface area contributed by atoms with E-state index in [0.29, 0.717) is 0 Å². The maximum Gasteiger partial charge on any atom is 0.187 e. The van der Waals surface area contributed by atoms with Gasteiger partial charge in [0.25, 0.3) is 0 Å². The number of aliphatic hydroxyl groups is 11. The van der Waals surface area contributed by atoms with Crippen LogP contribution in [0.4, 0.5) is 0 Å². The molecular formula is C18H32O16. The summed E-state index contributed by atoms with van der Waals surface area (Å²) in [6, 6.07) is 0. The van der Waals surface area contributed by atoms with Gasteiger partial charge in [0.15, 0.2) is 18.9 Å². The lowest BCUT2D eigenvalue weighted by molar-refractivity contribution is -0.377. The third kappa shape index (κ3) is 5.37. The van der Waals surface area contributed by atoms with Gasteiger partial charge in [-0.25, -0.2) is 0 Å². The second-order valence-corrected chi connectivity index (χ2v) is 8.33. The molecule has 0 unspecified atom stereocenters. The molecule has 0 bridgehead atoms. The highest BCUT2D eigenvalue weighted by molar-refractivity contribution is 4.96. The molecule has 200 valence electrons. The average Bonchev–Trinajstić information content (AvgIpc) is 2.83. The molecule has 0 spiro atoms. The first-order valence-electron chi connectivity index (χ1n) is 10.6. The average molecular weight is 504 g/mol. The molecule has 34 heavy (non-hydrogen) atoms. The normalized spacial score (nSPS) is 52.5. The highest BCUT2D eigenvalue weighted by Crippen LogP contribution is 2.32. The topological polar surface area (TPSA) is 269 Å². The zero-order chi connectivity index (χ0) is 25.3. The van der Waals surface area contributed by atoms with Crippen molar-refractivity contribution in [1.82, 2.24) is 0 Å². The van der Waals surface area contributed by atoms with E-state index in [4.69, 9.17) is 23.7 Å². The first-order valence-corrected chi connectivity index (χ1v) is 10.6. The zero-order valence-corrected chi connectivity index (χ0v) is 17.7. The molecule has 3 aliphatic heterocycles. The van der Waals surface area contributed by atoms with Crippen molar-refractivity contribution in [2.24, 2.45) is 0 Å². The van der Waals surface area contributed by atoms with Gasteiger partial charge < -0.3 is 79.9 Å². The monoisotopic (exact) mass is 504 g/mol. The van der Waals surface area contributed by atoms with Crippen molar-refractivity contribution < 1.29 is 79.9 Å². The largest absolute Gasteiger partial charge is 0.394 e. The number of hydrogen-bond donors (Lipinski definition) is 11. The van der Waals surface area contributed by atoms with Crippen LogP contribution in [-0.4, -0.2) is 168 Å². The maximum absolute atomic E-state index is 10.6. The third-order valence-electron chi connectivity index (χ3n) is 6.09. The van der Waals surface area contributed by atoms with Crippen LogP contribution in [0.1, 0.15) is 0 Å². The van der Waals surface area contributed by atoms with Gasteiger partial charge in [0.2, 0.25) is 0 Å². The van der Waals surface area contributed by atoms with Gasteiger partial charge in [-0.2, -0.15) is 0 Å². The Morgan fingerprint density at radius 3 is 1.35 bits per heavy atom. The highest BCUT2D eigenvalue weighted by Gasteiger charge is 2.53. The predicted octanol–water partition coefficient (Wildman–Crippen LogP) is -7.57. The van der Waals surface area contributed by atoms with Crippen LogP contribution in [0, 0.1) is 0 Å². The zero-order valence-electron chi connectivity index (χ0n) is 17.7. The second-order valence-electron chi connectivity index (χ2n) is 8.33. The molecule has 0 aliphatic carbocycles. The Hall–Kier alpha value is -0.640. The molecule has 3 aliphatic rings. The molecule has 0 radical (unpaired) electrons. The molecule has 0 aromatic carbocycles. The molecule has 15 atom stereocenters. The fourth-order valence-electron chi connectivity index (χ4n) is 4.06. The fourth-order valence-corrected chi connectivity index (χ4v) is 4.06. The van der Waals surface area contributed by atoms with Crippen LogP contribution in [0.2, 0.25) is 0 Å². The van der Waals surface area contributed by atoms with Crippen LogP contribution < -0.4 is 0 Å². The Balaban J connectivity index is 1.72. The van der Waals surface area contributed by atoms with E-state index in [2.05, 4.69) is 0 Å². The molecule has 3 heterocycles. The van der Waals surface area contributed by atoms with Crippen LogP contribution in [0.25, 0.3) is 0 Å². The van der Waals surface area contributed by atoms with E-state index in [1.807, 2.05) is 0 Å². The van der Waals surface area contributed by atoms with Gasteiger partial charge in [-0.05, 0) is 0 Å². The van der Waals surface area contributed by atoms with Crippen molar-refractivity contribution >= 4 is 0 Å². The number of hydrogen-bond acceptors (Lipinski definition) is 16. The SMILES string of the molecule is OC[C@H]1O[C@@H](O[C@H]2[C@H](O)[C@H](O)[C@@H](O[C@H]3[C@H](O)[C@H](O)[C@@H](O)O[C@@H]3CO)O[C@@H]2CO)[C@H](O)[C@@H](O)[C@@H]1O. The van der Waals surface area contributed by atoms with Crippen molar-refractivity contribution in [2.45, 2.75) is 92.1 Å². The summed E-state index contributed by atoms with van der Waals surface area (Å²) in [4.78, 5) is 0. The molecule has 0 aromatic rings. The fraction of sp³-hybridized carbons (Fsp3) is 1.00. The van der Waals surface area contributed by atoms with Crippen LogP contribution in [0.15, 0.2) is 0 Å². The minimum absolute atomic E-state index is 0.741. The van der Waals surface area contributed by atoms with Gasteiger partial charge in [0.05, 0.1) is 19.8 Å². The number of aliphatic hydroxyl groups excluding tert-OH is 11. The molecule has 16 nitrogen and oxygen atoms in total. The number of rotatable bonds is 7. The lowest BCUT2D eigenvalue weighted by Gasteiger charge is -2.47. The van der Waals surface area contributed by atoms with Gasteiger partial charge in [0.1, 0.15) is 73.2 Å². The minimum atomic E-state index is -1.91. The van der Waals surface area contributed by atoms with Crippen LogP contribution in [0.5, 0.6) is 0 Å². The summed E-state index contributed by atoms with van der Waals surface area (Å²) in [7, 11) is 0. The molecule has 0 amide bonds. The van der Waals surface area contributed by atoms with Gasteiger partial charge in [0, 0.05) is 0 Å². The lowest BCUT2D eigenvalue weighted by Crippen LogP contribution is -2.66. The Bertz CT molecular complexity index is 635. The van der Waals surface area contributed by atoms with E-state index in [1.165, 1.54) is 0 Å². The first kappa shape index (κ1) is 27.9. The van der Waals surface area contributed by atoms with E-state index in [1.54, 1.807) is 0 Å². The summed E-state index contributed by atoms with van der Waals surface area (Å²) in [6.07, 6.45) is -25.1. The molecule has 11 N–H and O–H groups in total. The quantitative estimate of drug-likeness (QED) is 0.154. The van der Waals surface area contributed by atoms with Crippen LogP contribution in [-0.2, 0) is 23.7 Å². The smallest absolute Gasteiger partial charge is 0.187 e.